The van der Waals surface area contributed by atoms with E-state index in [1.807, 2.05) is 60.7 Å². The first-order chi connectivity index (χ1) is 11.2. The highest BCUT2D eigenvalue weighted by Crippen LogP contribution is 2.33. The number of anilines is 2. The van der Waals surface area contributed by atoms with Crippen molar-refractivity contribution in [2.75, 3.05) is 11.5 Å². The molecule has 0 atom stereocenters. The molecular formula is C18H17N2O2S+. The molecule has 0 radical (unpaired) electrons. The third-order valence-corrected chi connectivity index (χ3v) is 3.46. The van der Waals surface area contributed by atoms with E-state index in [0.717, 1.165) is 11.4 Å². The van der Waals surface area contributed by atoms with Crippen LogP contribution >= 0.6 is 12.6 Å². The van der Waals surface area contributed by atoms with Gasteiger partial charge in [0.2, 0.25) is 0 Å². The van der Waals surface area contributed by atoms with Crippen molar-refractivity contribution in [3.8, 4) is 6.57 Å². The molecule has 2 aromatic rings. The topological polar surface area (TPSA) is 33.9 Å². The van der Waals surface area contributed by atoms with Crippen molar-refractivity contribution >= 4 is 30.0 Å². The van der Waals surface area contributed by atoms with E-state index in [0.29, 0.717) is 5.03 Å². The van der Waals surface area contributed by atoms with Crippen molar-refractivity contribution in [3.05, 3.63) is 76.2 Å². The number of thiol groups is 1. The zero-order valence-electron chi connectivity index (χ0n) is 12.7. The monoisotopic (exact) mass is 325 g/mol. The van der Waals surface area contributed by atoms with Gasteiger partial charge in [-0.1, -0.05) is 36.4 Å². The molecule has 0 heterocycles. The van der Waals surface area contributed by atoms with E-state index < -0.39 is 5.97 Å². The molecule has 2 aromatic carbocycles. The van der Waals surface area contributed by atoms with Gasteiger partial charge in [-0.2, -0.15) is 0 Å². The number of ether oxygens (including phenoxy) is 1. The van der Waals surface area contributed by atoms with Crippen LogP contribution < -0.4 is 4.90 Å². The van der Waals surface area contributed by atoms with Crippen LogP contribution in [0.2, 0.25) is 0 Å². The van der Waals surface area contributed by atoms with Gasteiger partial charge in [0.05, 0.1) is 6.61 Å². The van der Waals surface area contributed by atoms with Crippen LogP contribution in [0.3, 0.4) is 0 Å². The predicted molar refractivity (Wildman–Crippen MR) is 96.0 cm³/mol. The van der Waals surface area contributed by atoms with E-state index in [-0.39, 0.29) is 12.3 Å². The molecular weight excluding hydrogens is 308 g/mol. The molecule has 0 amide bonds. The van der Waals surface area contributed by atoms with E-state index in [1.165, 1.54) is 0 Å². The van der Waals surface area contributed by atoms with Crippen molar-refractivity contribution < 1.29 is 9.53 Å². The van der Waals surface area contributed by atoms with E-state index in [2.05, 4.69) is 17.5 Å². The Morgan fingerprint density at radius 1 is 1.09 bits per heavy atom. The number of para-hydroxylation sites is 2. The van der Waals surface area contributed by atoms with Crippen LogP contribution in [0.25, 0.3) is 4.85 Å². The predicted octanol–water partition coefficient (Wildman–Crippen LogP) is 4.45. The maximum atomic E-state index is 12.1. The summed E-state index contributed by atoms with van der Waals surface area (Å²) in [6.45, 7) is 7.34. The Morgan fingerprint density at radius 2 is 1.57 bits per heavy atom. The minimum atomic E-state index is -0.614. The summed E-state index contributed by atoms with van der Waals surface area (Å²) in [5.41, 5.74) is 1.62. The van der Waals surface area contributed by atoms with Gasteiger partial charge in [-0.3, -0.25) is 4.90 Å². The summed E-state index contributed by atoms with van der Waals surface area (Å²) >= 11 is 4.49. The van der Waals surface area contributed by atoms with Gasteiger partial charge in [-0.25, -0.2) is 4.79 Å². The molecule has 5 heteroatoms. The molecule has 23 heavy (non-hydrogen) atoms. The highest BCUT2D eigenvalue weighted by molar-refractivity contribution is 7.84. The Bertz CT molecular complexity index is 697. The molecule has 0 aliphatic carbocycles. The Morgan fingerprint density at radius 3 is 1.96 bits per heavy atom. The molecule has 0 fully saturated rings. The van der Waals surface area contributed by atoms with Crippen LogP contribution in [-0.2, 0) is 9.53 Å². The minimum Gasteiger partial charge on any atom is -0.457 e. The van der Waals surface area contributed by atoms with Gasteiger partial charge in [0.1, 0.15) is 0 Å². The summed E-state index contributed by atoms with van der Waals surface area (Å²) in [6, 6.07) is 19.0. The van der Waals surface area contributed by atoms with Gasteiger partial charge in [-0.05, 0) is 36.0 Å². The summed E-state index contributed by atoms with van der Waals surface area (Å²) in [7, 11) is 0. The lowest BCUT2D eigenvalue weighted by Crippen LogP contribution is -2.18. The average Bonchev–Trinajstić information content (AvgIpc) is 2.58. The molecule has 0 saturated carbocycles. The van der Waals surface area contributed by atoms with Crippen LogP contribution in [0.15, 0.2) is 71.4 Å². The molecule has 0 unspecified atom stereocenters. The number of benzene rings is 2. The number of esters is 1. The first kappa shape index (κ1) is 16.7. The van der Waals surface area contributed by atoms with Crippen molar-refractivity contribution in [1.29, 1.82) is 0 Å². The second kappa shape index (κ2) is 8.06. The molecule has 4 nitrogen and oxygen atoms in total. The van der Waals surface area contributed by atoms with Gasteiger partial charge in [0.15, 0.2) is 5.03 Å². The van der Waals surface area contributed by atoms with Gasteiger partial charge >= 0.3 is 11.7 Å². The van der Waals surface area contributed by atoms with Crippen LogP contribution in [-0.4, -0.2) is 12.6 Å². The van der Waals surface area contributed by atoms with Gasteiger partial charge in [0, 0.05) is 11.4 Å². The summed E-state index contributed by atoms with van der Waals surface area (Å²) < 4.78 is 4.99. The maximum Gasteiger partial charge on any atom is 0.453 e. The van der Waals surface area contributed by atoms with Crippen molar-refractivity contribution in [3.63, 3.8) is 0 Å². The highest BCUT2D eigenvalue weighted by atomic mass is 32.1. The van der Waals surface area contributed by atoms with Crippen molar-refractivity contribution in [2.45, 2.75) is 6.92 Å². The van der Waals surface area contributed by atoms with Crippen LogP contribution in [0.5, 0.6) is 0 Å². The summed E-state index contributed by atoms with van der Waals surface area (Å²) in [6.07, 6.45) is 0. The lowest BCUT2D eigenvalue weighted by molar-refractivity contribution is -0.138. The zero-order valence-corrected chi connectivity index (χ0v) is 13.6. The molecule has 2 rings (SSSR count). The van der Waals surface area contributed by atoms with E-state index >= 15 is 0 Å². The minimum absolute atomic E-state index is 0.0390. The molecule has 0 spiro atoms. The summed E-state index contributed by atoms with van der Waals surface area (Å²) in [5, 5.41) is 0.295. The highest BCUT2D eigenvalue weighted by Gasteiger charge is 2.30. The average molecular weight is 325 g/mol. The molecule has 0 saturated heterocycles. The van der Waals surface area contributed by atoms with Crippen molar-refractivity contribution in [2.24, 2.45) is 0 Å². The fraction of sp³-hybridized carbons (Fsp3) is 0.111. The van der Waals surface area contributed by atoms with Gasteiger partial charge < -0.3 is 4.74 Å². The van der Waals surface area contributed by atoms with Crippen LogP contribution in [0, 0.1) is 6.57 Å². The van der Waals surface area contributed by atoms with E-state index in [1.54, 1.807) is 11.8 Å². The first-order valence-electron chi connectivity index (χ1n) is 7.10. The smallest absolute Gasteiger partial charge is 0.453 e. The number of hydrogen-bond donors (Lipinski definition) is 1. The lowest BCUT2D eigenvalue weighted by Gasteiger charge is -2.23. The second-order valence-electron chi connectivity index (χ2n) is 4.53. The summed E-state index contributed by atoms with van der Waals surface area (Å²) in [5.74, 6) is -0.614. The number of carbonyl (C=O) groups excluding carboxylic acids is 1. The van der Waals surface area contributed by atoms with Crippen LogP contribution in [0.1, 0.15) is 6.92 Å². The first-order valence-corrected chi connectivity index (χ1v) is 7.55. The molecule has 0 aliphatic heterocycles. The van der Waals surface area contributed by atoms with Gasteiger partial charge in [0.25, 0.3) is 6.57 Å². The molecule has 0 aliphatic rings. The Hall–Kier alpha value is -2.71. The Balaban J connectivity index is 2.58. The third kappa shape index (κ3) is 3.93. The number of hydrogen-bond acceptors (Lipinski definition) is 4. The number of rotatable bonds is 5. The molecule has 0 aromatic heterocycles. The maximum absolute atomic E-state index is 12.1. The van der Waals surface area contributed by atoms with Crippen molar-refractivity contribution in [1.82, 2.24) is 0 Å². The fourth-order valence-electron chi connectivity index (χ4n) is 2.05. The molecule has 0 bridgehead atoms. The van der Waals surface area contributed by atoms with Gasteiger partial charge in [-0.15, -0.1) is 12.6 Å². The molecule has 0 N–H and O–H groups in total. The lowest BCUT2D eigenvalue weighted by atomic mass is 10.2. The molecule has 116 valence electrons. The van der Waals surface area contributed by atoms with E-state index in [4.69, 9.17) is 11.3 Å². The zero-order chi connectivity index (χ0) is 16.7. The van der Waals surface area contributed by atoms with Crippen LogP contribution in [0.4, 0.5) is 11.4 Å². The van der Waals surface area contributed by atoms with E-state index in [9.17, 15) is 4.79 Å². The fourth-order valence-corrected chi connectivity index (χ4v) is 2.43. The SMILES string of the molecule is C#[N+]/C(C(=O)OCC)=C(\S)N(c1ccccc1)c1ccccc1. The Labute approximate surface area is 141 Å². The number of nitrogens with zero attached hydrogens (tertiary/aromatic N) is 2. The number of carbonyl (C=O) groups is 1. The third-order valence-electron chi connectivity index (χ3n) is 3.05. The Kier molecular flexibility index (Phi) is 5.84. The normalized spacial score (nSPS) is 11.2. The standard InChI is InChI=1S/C18H16N2O2S/c1-3-22-18(21)16(19-2)17(23)20(14-10-6-4-7-11-14)15-12-8-5-9-13-15/h2,4-13H,3H2,1H3/p+1. The second-order valence-corrected chi connectivity index (χ2v) is 4.95. The quantitative estimate of drug-likeness (QED) is 0.501. The largest absolute Gasteiger partial charge is 0.457 e. The summed E-state index contributed by atoms with van der Waals surface area (Å²) in [4.78, 5) is 17.4.